The van der Waals surface area contributed by atoms with E-state index in [0.29, 0.717) is 43.3 Å². The minimum Gasteiger partial charge on any atom is -0.340 e. The molecule has 1 aliphatic carbocycles. The number of halogens is 2. The van der Waals surface area contributed by atoms with Gasteiger partial charge in [0.2, 0.25) is 5.91 Å². The number of nitrogens with zero attached hydrogens (tertiary/aromatic N) is 2. The molecule has 30 heavy (non-hydrogen) atoms. The van der Waals surface area contributed by atoms with Crippen molar-refractivity contribution in [2.45, 2.75) is 31.1 Å². The van der Waals surface area contributed by atoms with Crippen LogP contribution in [0.25, 0.3) is 0 Å². The quantitative estimate of drug-likeness (QED) is 0.771. The Balaban J connectivity index is 1.41. The second-order valence-electron chi connectivity index (χ2n) is 8.02. The summed E-state index contributed by atoms with van der Waals surface area (Å²) in [5.74, 6) is -0.258. The number of hydrogen-bond acceptors (Lipinski definition) is 2. The summed E-state index contributed by atoms with van der Waals surface area (Å²) in [6.45, 7) is 2.12. The number of carbonyl (C=O) groups excluding carboxylic acids is 2. The molecule has 0 atom stereocenters. The van der Waals surface area contributed by atoms with Crippen molar-refractivity contribution in [2.75, 3.05) is 31.5 Å². The zero-order valence-corrected chi connectivity index (χ0v) is 17.5. The molecule has 2 aliphatic rings. The molecule has 1 N–H and O–H groups in total. The Labute approximate surface area is 180 Å². The highest BCUT2D eigenvalue weighted by atomic mass is 35.5. The normalized spacial score (nSPS) is 18.3. The maximum Gasteiger partial charge on any atom is 0.321 e. The summed E-state index contributed by atoms with van der Waals surface area (Å²) in [4.78, 5) is 29.7. The standard InChI is InChI=1S/C23H25ClFN3O2/c24-18-6-8-20(9-7-18)26-22(30)28-13-3-12-27(14-15-28)21(29)23(10-2-11-23)17-4-1-5-19(25)16-17/h1,4-9,16H,2-3,10-15H2,(H,26,30). The molecule has 2 aromatic carbocycles. The van der Waals surface area contributed by atoms with E-state index in [2.05, 4.69) is 5.32 Å². The number of hydrogen-bond donors (Lipinski definition) is 1. The molecule has 3 amide bonds. The average molecular weight is 430 g/mol. The number of anilines is 1. The van der Waals surface area contributed by atoms with Crippen molar-refractivity contribution in [3.8, 4) is 0 Å². The zero-order chi connectivity index (χ0) is 21.1. The highest BCUT2D eigenvalue weighted by Gasteiger charge is 2.47. The molecule has 7 heteroatoms. The summed E-state index contributed by atoms with van der Waals surface area (Å²) in [7, 11) is 0. The fourth-order valence-electron chi connectivity index (χ4n) is 4.30. The first-order chi connectivity index (χ1) is 14.5. The Morgan fingerprint density at radius 3 is 2.30 bits per heavy atom. The van der Waals surface area contributed by atoms with Gasteiger partial charge in [0.1, 0.15) is 5.82 Å². The molecule has 1 heterocycles. The van der Waals surface area contributed by atoms with Gasteiger partial charge in [0.05, 0.1) is 5.41 Å². The summed E-state index contributed by atoms with van der Waals surface area (Å²) < 4.78 is 13.8. The van der Waals surface area contributed by atoms with Crippen molar-refractivity contribution in [1.82, 2.24) is 9.80 Å². The molecule has 0 aromatic heterocycles. The van der Waals surface area contributed by atoms with Crippen molar-refractivity contribution in [3.63, 3.8) is 0 Å². The lowest BCUT2D eigenvalue weighted by atomic mass is 9.63. The van der Waals surface area contributed by atoms with Crippen LogP contribution in [0, 0.1) is 5.82 Å². The highest BCUT2D eigenvalue weighted by Crippen LogP contribution is 2.45. The van der Waals surface area contributed by atoms with E-state index in [1.165, 1.54) is 12.1 Å². The van der Waals surface area contributed by atoms with Gasteiger partial charge < -0.3 is 15.1 Å². The first-order valence-electron chi connectivity index (χ1n) is 10.3. The number of nitrogens with one attached hydrogen (secondary N) is 1. The molecule has 2 aromatic rings. The monoisotopic (exact) mass is 429 g/mol. The summed E-state index contributed by atoms with van der Waals surface area (Å²) >= 11 is 5.89. The summed E-state index contributed by atoms with van der Waals surface area (Å²) in [6, 6.07) is 13.2. The highest BCUT2D eigenvalue weighted by molar-refractivity contribution is 6.30. The molecular weight excluding hydrogens is 405 g/mol. The molecular formula is C23H25ClFN3O2. The van der Waals surface area contributed by atoms with Crippen LogP contribution in [0.1, 0.15) is 31.2 Å². The topological polar surface area (TPSA) is 52.7 Å². The third kappa shape index (κ3) is 4.15. The predicted octanol–water partition coefficient (Wildman–Crippen LogP) is 4.67. The van der Waals surface area contributed by atoms with E-state index in [1.807, 2.05) is 11.0 Å². The molecule has 2 fully saturated rings. The van der Waals surface area contributed by atoms with Crippen LogP contribution in [0.15, 0.2) is 48.5 Å². The first-order valence-corrected chi connectivity index (χ1v) is 10.7. The van der Waals surface area contributed by atoms with Crippen LogP contribution in [0.4, 0.5) is 14.9 Å². The Morgan fingerprint density at radius 1 is 0.933 bits per heavy atom. The number of urea groups is 1. The molecule has 1 aliphatic heterocycles. The molecule has 5 nitrogen and oxygen atoms in total. The van der Waals surface area contributed by atoms with E-state index in [-0.39, 0.29) is 17.8 Å². The zero-order valence-electron chi connectivity index (χ0n) is 16.7. The Hall–Kier alpha value is -2.60. The molecule has 1 saturated carbocycles. The molecule has 0 radical (unpaired) electrons. The lowest BCUT2D eigenvalue weighted by molar-refractivity contribution is -0.140. The molecule has 1 saturated heterocycles. The Kier molecular flexibility index (Phi) is 5.95. The summed E-state index contributed by atoms with van der Waals surface area (Å²) in [5, 5.41) is 3.49. The van der Waals surface area contributed by atoms with Gasteiger partial charge in [-0.05, 0) is 61.2 Å². The second-order valence-corrected chi connectivity index (χ2v) is 8.45. The second kappa shape index (κ2) is 8.64. The smallest absolute Gasteiger partial charge is 0.321 e. The molecule has 0 bridgehead atoms. The first kappa shape index (κ1) is 20.7. The predicted molar refractivity (Wildman–Crippen MR) is 115 cm³/mol. The Morgan fingerprint density at radius 2 is 1.63 bits per heavy atom. The summed E-state index contributed by atoms with van der Waals surface area (Å²) in [5.41, 5.74) is 0.824. The van der Waals surface area contributed by atoms with Crippen molar-refractivity contribution < 1.29 is 14.0 Å². The van der Waals surface area contributed by atoms with Crippen LogP contribution in [0.5, 0.6) is 0 Å². The van der Waals surface area contributed by atoms with E-state index in [9.17, 15) is 14.0 Å². The molecule has 158 valence electrons. The van der Waals surface area contributed by atoms with Crippen LogP contribution < -0.4 is 5.32 Å². The minimum absolute atomic E-state index is 0.0549. The van der Waals surface area contributed by atoms with Gasteiger partial charge in [0.25, 0.3) is 0 Å². The van der Waals surface area contributed by atoms with Crippen LogP contribution in [-0.2, 0) is 10.2 Å². The van der Waals surface area contributed by atoms with Gasteiger partial charge in [0, 0.05) is 36.9 Å². The van der Waals surface area contributed by atoms with Crippen molar-refractivity contribution in [2.24, 2.45) is 0 Å². The molecule has 0 unspecified atom stereocenters. The third-order valence-corrected chi connectivity index (χ3v) is 6.41. The fourth-order valence-corrected chi connectivity index (χ4v) is 4.43. The fraction of sp³-hybridized carbons (Fsp3) is 0.391. The van der Waals surface area contributed by atoms with Crippen LogP contribution >= 0.6 is 11.6 Å². The van der Waals surface area contributed by atoms with Gasteiger partial charge in [0.15, 0.2) is 0 Å². The van der Waals surface area contributed by atoms with E-state index >= 15 is 0 Å². The van der Waals surface area contributed by atoms with Gasteiger partial charge in [-0.25, -0.2) is 9.18 Å². The van der Waals surface area contributed by atoms with Gasteiger partial charge >= 0.3 is 6.03 Å². The third-order valence-electron chi connectivity index (χ3n) is 6.16. The van der Waals surface area contributed by atoms with E-state index in [0.717, 1.165) is 24.8 Å². The minimum atomic E-state index is -0.622. The van der Waals surface area contributed by atoms with E-state index in [4.69, 9.17) is 11.6 Å². The van der Waals surface area contributed by atoms with Gasteiger partial charge in [-0.2, -0.15) is 0 Å². The number of carbonyl (C=O) groups is 2. The lowest BCUT2D eigenvalue weighted by Crippen LogP contribution is -2.52. The van der Waals surface area contributed by atoms with Crippen LogP contribution in [0.2, 0.25) is 5.02 Å². The number of rotatable bonds is 3. The maximum atomic E-state index is 13.8. The largest absolute Gasteiger partial charge is 0.340 e. The van der Waals surface area contributed by atoms with Crippen molar-refractivity contribution in [1.29, 1.82) is 0 Å². The maximum absolute atomic E-state index is 13.8. The van der Waals surface area contributed by atoms with Gasteiger partial charge in [-0.15, -0.1) is 0 Å². The number of amides is 3. The number of benzene rings is 2. The lowest BCUT2D eigenvalue weighted by Gasteiger charge is -2.44. The average Bonchev–Trinajstić information content (AvgIpc) is 2.95. The van der Waals surface area contributed by atoms with Crippen molar-refractivity contribution >= 4 is 29.2 Å². The molecule has 0 spiro atoms. The van der Waals surface area contributed by atoms with E-state index < -0.39 is 5.41 Å². The van der Waals surface area contributed by atoms with Gasteiger partial charge in [-0.1, -0.05) is 30.2 Å². The molecule has 4 rings (SSSR count). The van der Waals surface area contributed by atoms with Crippen molar-refractivity contribution in [3.05, 3.63) is 64.9 Å². The SMILES string of the molecule is O=C(Nc1ccc(Cl)cc1)N1CCCN(C(=O)C2(c3cccc(F)c3)CCC2)CC1. The van der Waals surface area contributed by atoms with E-state index in [1.54, 1.807) is 35.2 Å². The summed E-state index contributed by atoms with van der Waals surface area (Å²) in [6.07, 6.45) is 3.16. The van der Waals surface area contributed by atoms with Crippen LogP contribution in [-0.4, -0.2) is 47.9 Å². The van der Waals surface area contributed by atoms with Gasteiger partial charge in [-0.3, -0.25) is 4.79 Å². The Bertz CT molecular complexity index is 930. The van der Waals surface area contributed by atoms with Crippen LogP contribution in [0.3, 0.4) is 0 Å².